The predicted octanol–water partition coefficient (Wildman–Crippen LogP) is 2.48. The molecule has 21 heavy (non-hydrogen) atoms. The van der Waals surface area contributed by atoms with Gasteiger partial charge < -0.3 is 14.9 Å². The highest BCUT2D eigenvalue weighted by Gasteiger charge is 2.24. The van der Waals surface area contributed by atoms with E-state index in [1.165, 1.54) is 0 Å². The maximum atomic E-state index is 10.6. The second-order valence-corrected chi connectivity index (χ2v) is 5.52. The van der Waals surface area contributed by atoms with Gasteiger partial charge in [0.25, 0.3) is 0 Å². The first kappa shape index (κ1) is 15.6. The van der Waals surface area contributed by atoms with Crippen LogP contribution in [0.2, 0.25) is 0 Å². The Bertz CT molecular complexity index is 489. The Hall–Kier alpha value is -1.75. The van der Waals surface area contributed by atoms with Gasteiger partial charge in [-0.15, -0.1) is 0 Å². The van der Waals surface area contributed by atoms with Crippen LogP contribution < -0.4 is 4.74 Å². The largest absolute Gasteiger partial charge is 0.504 e. The summed E-state index contributed by atoms with van der Waals surface area (Å²) >= 11 is 0. The number of hydrogen-bond donors (Lipinski definition) is 2. The van der Waals surface area contributed by atoms with Crippen molar-refractivity contribution in [1.82, 2.24) is 4.90 Å². The zero-order valence-corrected chi connectivity index (χ0v) is 12.4. The molecule has 1 fully saturated rings. The number of aromatic hydroxyl groups is 1. The van der Waals surface area contributed by atoms with E-state index in [4.69, 9.17) is 9.84 Å². The van der Waals surface area contributed by atoms with Crippen LogP contribution in [0.5, 0.6) is 11.5 Å². The molecule has 1 unspecified atom stereocenters. The quantitative estimate of drug-likeness (QED) is 0.808. The number of nitrogens with zero attached hydrogens (tertiary/aromatic N) is 1. The van der Waals surface area contributed by atoms with E-state index in [9.17, 15) is 9.90 Å². The third-order valence-corrected chi connectivity index (χ3v) is 3.91. The molecule has 0 saturated carbocycles. The summed E-state index contributed by atoms with van der Waals surface area (Å²) in [5.41, 5.74) is 0.861. The van der Waals surface area contributed by atoms with Crippen molar-refractivity contribution < 1.29 is 19.7 Å². The van der Waals surface area contributed by atoms with E-state index in [1.54, 1.807) is 6.07 Å². The van der Waals surface area contributed by atoms with E-state index in [2.05, 4.69) is 4.90 Å². The maximum absolute atomic E-state index is 10.6. The van der Waals surface area contributed by atoms with E-state index in [1.807, 2.05) is 19.1 Å². The van der Waals surface area contributed by atoms with E-state index in [-0.39, 0.29) is 12.2 Å². The molecular weight excluding hydrogens is 270 g/mol. The fourth-order valence-electron chi connectivity index (χ4n) is 2.83. The summed E-state index contributed by atoms with van der Waals surface area (Å²) in [5.74, 6) is 0.457. The number of rotatable bonds is 7. The third-order valence-electron chi connectivity index (χ3n) is 3.91. The van der Waals surface area contributed by atoms with Gasteiger partial charge in [0.1, 0.15) is 0 Å². The Morgan fingerprint density at radius 1 is 1.48 bits per heavy atom. The molecule has 1 aromatic carbocycles. The van der Waals surface area contributed by atoms with Crippen LogP contribution in [0.1, 0.15) is 31.7 Å². The van der Waals surface area contributed by atoms with E-state index < -0.39 is 5.97 Å². The van der Waals surface area contributed by atoms with Crippen molar-refractivity contribution >= 4 is 5.97 Å². The lowest BCUT2D eigenvalue weighted by molar-refractivity contribution is -0.137. The van der Waals surface area contributed by atoms with Crippen LogP contribution in [0.4, 0.5) is 0 Å². The Labute approximate surface area is 125 Å². The first-order chi connectivity index (χ1) is 10.1. The number of benzene rings is 1. The number of aliphatic carboxylic acids is 1. The number of phenolic OH excluding ortho intramolecular Hbond substituents is 1. The van der Waals surface area contributed by atoms with Crippen molar-refractivity contribution in [2.24, 2.45) is 5.92 Å². The van der Waals surface area contributed by atoms with Crippen molar-refractivity contribution in [3.8, 4) is 11.5 Å². The summed E-state index contributed by atoms with van der Waals surface area (Å²) in [7, 11) is 0. The van der Waals surface area contributed by atoms with Crippen molar-refractivity contribution in [2.45, 2.75) is 32.7 Å². The van der Waals surface area contributed by atoms with E-state index >= 15 is 0 Å². The van der Waals surface area contributed by atoms with Crippen LogP contribution in [0.15, 0.2) is 18.2 Å². The molecule has 2 N–H and O–H groups in total. The van der Waals surface area contributed by atoms with Gasteiger partial charge in [-0.05, 0) is 38.3 Å². The minimum Gasteiger partial charge on any atom is -0.504 e. The number of ether oxygens (including phenoxy) is 1. The lowest BCUT2D eigenvalue weighted by atomic mass is 10.0. The van der Waals surface area contributed by atoms with Crippen LogP contribution in [-0.2, 0) is 11.3 Å². The molecule has 1 aromatic rings. The number of likely N-dealkylation sites (tertiary alicyclic amines) is 1. The summed E-state index contributed by atoms with van der Waals surface area (Å²) in [6.45, 7) is 4.93. The third kappa shape index (κ3) is 4.36. The number of para-hydroxylation sites is 1. The summed E-state index contributed by atoms with van der Waals surface area (Å²) in [5, 5.41) is 18.9. The number of hydrogen-bond acceptors (Lipinski definition) is 4. The second kappa shape index (κ2) is 7.31. The number of phenols is 1. The SMILES string of the molecule is CCOc1cccc(CN2CCC(CCC(=O)O)C2)c1O. The van der Waals surface area contributed by atoms with Gasteiger partial charge in [0.2, 0.25) is 0 Å². The zero-order valence-electron chi connectivity index (χ0n) is 12.4. The first-order valence-corrected chi connectivity index (χ1v) is 7.48. The van der Waals surface area contributed by atoms with Gasteiger partial charge in [0.15, 0.2) is 11.5 Å². The predicted molar refractivity (Wildman–Crippen MR) is 79.5 cm³/mol. The first-order valence-electron chi connectivity index (χ1n) is 7.48. The molecule has 5 nitrogen and oxygen atoms in total. The van der Waals surface area contributed by atoms with Gasteiger partial charge in [0, 0.05) is 25.1 Å². The number of carboxylic acids is 1. The molecule has 1 saturated heterocycles. The van der Waals surface area contributed by atoms with E-state index in [0.717, 1.165) is 31.5 Å². The van der Waals surface area contributed by atoms with Crippen LogP contribution in [-0.4, -0.2) is 40.8 Å². The fourth-order valence-corrected chi connectivity index (χ4v) is 2.83. The minimum absolute atomic E-state index is 0.216. The molecular formula is C16H23NO4. The van der Waals surface area contributed by atoms with Crippen molar-refractivity contribution in [3.05, 3.63) is 23.8 Å². The van der Waals surface area contributed by atoms with Crippen LogP contribution in [0.25, 0.3) is 0 Å². The van der Waals surface area contributed by atoms with Gasteiger partial charge in [0.05, 0.1) is 6.61 Å². The van der Waals surface area contributed by atoms with Crippen molar-refractivity contribution in [3.63, 3.8) is 0 Å². The topological polar surface area (TPSA) is 70.0 Å². The summed E-state index contributed by atoms with van der Waals surface area (Å²) in [6.07, 6.45) is 2.00. The zero-order chi connectivity index (χ0) is 15.2. The van der Waals surface area contributed by atoms with Crippen molar-refractivity contribution in [1.29, 1.82) is 0 Å². The average molecular weight is 293 g/mol. The van der Waals surface area contributed by atoms with Gasteiger partial charge in [-0.3, -0.25) is 9.69 Å². The molecule has 0 radical (unpaired) electrons. The van der Waals surface area contributed by atoms with Gasteiger partial charge in [-0.1, -0.05) is 12.1 Å². The van der Waals surface area contributed by atoms with Crippen LogP contribution in [0.3, 0.4) is 0 Å². The molecule has 0 aromatic heterocycles. The Morgan fingerprint density at radius 3 is 3.00 bits per heavy atom. The molecule has 0 aliphatic carbocycles. The Morgan fingerprint density at radius 2 is 2.29 bits per heavy atom. The number of carbonyl (C=O) groups is 1. The van der Waals surface area contributed by atoms with Crippen LogP contribution in [0, 0.1) is 5.92 Å². The summed E-state index contributed by atoms with van der Waals surface area (Å²) in [4.78, 5) is 12.9. The molecule has 2 rings (SSSR count). The monoisotopic (exact) mass is 293 g/mol. The molecule has 1 atom stereocenters. The Kier molecular flexibility index (Phi) is 5.44. The molecule has 5 heteroatoms. The molecule has 0 bridgehead atoms. The highest BCUT2D eigenvalue weighted by atomic mass is 16.5. The molecule has 1 heterocycles. The lowest BCUT2D eigenvalue weighted by Gasteiger charge is -2.18. The normalized spacial score (nSPS) is 18.8. The van der Waals surface area contributed by atoms with E-state index in [0.29, 0.717) is 24.8 Å². The minimum atomic E-state index is -0.726. The highest BCUT2D eigenvalue weighted by molar-refractivity contribution is 5.66. The van der Waals surface area contributed by atoms with Crippen molar-refractivity contribution in [2.75, 3.05) is 19.7 Å². The van der Waals surface area contributed by atoms with Crippen LogP contribution >= 0.6 is 0 Å². The summed E-state index contributed by atoms with van der Waals surface area (Å²) in [6, 6.07) is 5.56. The Balaban J connectivity index is 1.91. The lowest BCUT2D eigenvalue weighted by Crippen LogP contribution is -2.20. The smallest absolute Gasteiger partial charge is 0.303 e. The molecule has 1 aliphatic heterocycles. The standard InChI is InChI=1S/C16H23NO4/c1-2-21-14-5-3-4-13(16(14)20)11-17-9-8-12(10-17)6-7-15(18)19/h3-5,12,20H,2,6-11H2,1H3,(H,18,19). The molecule has 0 amide bonds. The van der Waals surface area contributed by atoms with Gasteiger partial charge in [-0.25, -0.2) is 0 Å². The van der Waals surface area contributed by atoms with Gasteiger partial charge >= 0.3 is 5.97 Å². The number of carboxylic acid groups (broad SMARTS) is 1. The highest BCUT2D eigenvalue weighted by Crippen LogP contribution is 2.32. The van der Waals surface area contributed by atoms with Gasteiger partial charge in [-0.2, -0.15) is 0 Å². The maximum Gasteiger partial charge on any atom is 0.303 e. The molecule has 0 spiro atoms. The second-order valence-electron chi connectivity index (χ2n) is 5.52. The fraction of sp³-hybridized carbons (Fsp3) is 0.562. The molecule has 116 valence electrons. The summed E-state index contributed by atoms with van der Waals surface area (Å²) < 4.78 is 5.39. The average Bonchev–Trinajstić information content (AvgIpc) is 2.89. The molecule has 1 aliphatic rings.